The number of nitrogens with zero attached hydrogens (tertiary/aromatic N) is 1. The third-order valence-corrected chi connectivity index (χ3v) is 5.07. The van der Waals surface area contributed by atoms with Crippen LogP contribution in [0.5, 0.6) is 0 Å². The Bertz CT molecular complexity index is 647. The van der Waals surface area contributed by atoms with Gasteiger partial charge >= 0.3 is 0 Å². The molecule has 0 atom stereocenters. The number of nitrogens with one attached hydrogen (secondary N) is 2. The molecule has 0 radical (unpaired) electrons. The van der Waals surface area contributed by atoms with Crippen molar-refractivity contribution in [3.8, 4) is 0 Å². The lowest BCUT2D eigenvalue weighted by Gasteiger charge is -2.22. The summed E-state index contributed by atoms with van der Waals surface area (Å²) in [6, 6.07) is 7.69. The second-order valence-electron chi connectivity index (χ2n) is 5.75. The molecule has 0 spiro atoms. The molecule has 1 fully saturated rings. The molecule has 0 aliphatic carbocycles. The molecule has 1 aromatic carbocycles. The Hall–Kier alpha value is -1.72. The number of piperidine rings is 1. The fraction of sp³-hybridized carbons (Fsp3) is 0.412. The number of benzene rings is 1. The lowest BCUT2D eigenvalue weighted by molar-refractivity contribution is 0.104. The van der Waals surface area contributed by atoms with Gasteiger partial charge in [-0.3, -0.25) is 4.79 Å². The van der Waals surface area contributed by atoms with Crippen LogP contribution in [0.3, 0.4) is 0 Å². The number of ketones is 1. The van der Waals surface area contributed by atoms with E-state index in [1.807, 2.05) is 31.2 Å². The molecule has 3 rings (SSSR count). The van der Waals surface area contributed by atoms with E-state index in [0.717, 1.165) is 35.9 Å². The summed E-state index contributed by atoms with van der Waals surface area (Å²) >= 11 is 1.45. The SMILES string of the molecule is Cc1ccccc1C(=O)c1cnc(NCC2CCNCC2)s1. The molecule has 22 heavy (non-hydrogen) atoms. The highest BCUT2D eigenvalue weighted by Crippen LogP contribution is 2.23. The highest BCUT2D eigenvalue weighted by atomic mass is 32.1. The van der Waals surface area contributed by atoms with Gasteiger partial charge in [-0.1, -0.05) is 35.6 Å². The topological polar surface area (TPSA) is 54.0 Å². The Balaban J connectivity index is 1.63. The van der Waals surface area contributed by atoms with Crippen molar-refractivity contribution in [2.75, 3.05) is 25.0 Å². The number of rotatable bonds is 5. The van der Waals surface area contributed by atoms with Gasteiger partial charge < -0.3 is 10.6 Å². The van der Waals surface area contributed by atoms with E-state index in [-0.39, 0.29) is 5.78 Å². The zero-order valence-corrected chi connectivity index (χ0v) is 13.6. The first-order valence-electron chi connectivity index (χ1n) is 7.75. The zero-order chi connectivity index (χ0) is 15.4. The van der Waals surface area contributed by atoms with Crippen LogP contribution in [0.1, 0.15) is 33.6 Å². The summed E-state index contributed by atoms with van der Waals surface area (Å²) < 4.78 is 0. The van der Waals surface area contributed by atoms with Crippen LogP contribution in [-0.2, 0) is 0 Å². The molecular formula is C17H21N3OS. The number of anilines is 1. The van der Waals surface area contributed by atoms with Crippen LogP contribution < -0.4 is 10.6 Å². The van der Waals surface area contributed by atoms with Gasteiger partial charge in [-0.05, 0) is 44.3 Å². The number of carbonyl (C=O) groups excluding carboxylic acids is 1. The first-order chi connectivity index (χ1) is 10.7. The maximum absolute atomic E-state index is 12.5. The first kappa shape index (κ1) is 15.2. The normalized spacial score (nSPS) is 15.7. The maximum Gasteiger partial charge on any atom is 0.204 e. The van der Waals surface area contributed by atoms with Crippen molar-refractivity contribution in [2.24, 2.45) is 5.92 Å². The minimum Gasteiger partial charge on any atom is -0.361 e. The first-order valence-corrected chi connectivity index (χ1v) is 8.56. The average Bonchev–Trinajstić information content (AvgIpc) is 3.03. The molecule has 0 amide bonds. The third kappa shape index (κ3) is 3.54. The fourth-order valence-electron chi connectivity index (χ4n) is 2.74. The van der Waals surface area contributed by atoms with E-state index in [4.69, 9.17) is 0 Å². The van der Waals surface area contributed by atoms with Crippen molar-refractivity contribution in [1.82, 2.24) is 10.3 Å². The van der Waals surface area contributed by atoms with Crippen LogP contribution in [0.15, 0.2) is 30.5 Å². The maximum atomic E-state index is 12.5. The standard InChI is InChI=1S/C17H21N3OS/c1-12-4-2-3-5-14(12)16(21)15-11-20-17(22-15)19-10-13-6-8-18-9-7-13/h2-5,11,13,18H,6-10H2,1H3,(H,19,20). The number of carbonyl (C=O) groups is 1. The van der Waals surface area contributed by atoms with Crippen molar-refractivity contribution in [3.05, 3.63) is 46.5 Å². The molecule has 0 saturated carbocycles. The van der Waals surface area contributed by atoms with E-state index in [1.54, 1.807) is 6.20 Å². The van der Waals surface area contributed by atoms with Crippen LogP contribution in [0.2, 0.25) is 0 Å². The van der Waals surface area contributed by atoms with Gasteiger partial charge in [-0.2, -0.15) is 0 Å². The molecule has 2 heterocycles. The van der Waals surface area contributed by atoms with Gasteiger partial charge in [0, 0.05) is 12.1 Å². The molecule has 0 bridgehead atoms. The summed E-state index contributed by atoms with van der Waals surface area (Å²) in [5, 5.41) is 7.60. The largest absolute Gasteiger partial charge is 0.361 e. The number of aromatic nitrogens is 1. The quantitative estimate of drug-likeness (QED) is 0.833. The van der Waals surface area contributed by atoms with Crippen molar-refractivity contribution < 1.29 is 4.79 Å². The number of hydrogen-bond donors (Lipinski definition) is 2. The van der Waals surface area contributed by atoms with E-state index in [1.165, 1.54) is 24.2 Å². The third-order valence-electron chi connectivity index (χ3n) is 4.12. The van der Waals surface area contributed by atoms with E-state index < -0.39 is 0 Å². The van der Waals surface area contributed by atoms with Crippen molar-refractivity contribution in [3.63, 3.8) is 0 Å². The molecule has 2 aromatic rings. The van der Waals surface area contributed by atoms with Crippen molar-refractivity contribution in [2.45, 2.75) is 19.8 Å². The molecule has 1 aromatic heterocycles. The summed E-state index contributed by atoms with van der Waals surface area (Å²) in [5.74, 6) is 0.756. The minimum absolute atomic E-state index is 0.0607. The Morgan fingerprint density at radius 3 is 2.91 bits per heavy atom. The summed E-state index contributed by atoms with van der Waals surface area (Å²) in [6.07, 6.45) is 4.09. The van der Waals surface area contributed by atoms with Gasteiger partial charge in [-0.15, -0.1) is 0 Å². The smallest absolute Gasteiger partial charge is 0.204 e. The van der Waals surface area contributed by atoms with Crippen molar-refractivity contribution >= 4 is 22.3 Å². The Morgan fingerprint density at radius 1 is 1.36 bits per heavy atom. The minimum atomic E-state index is 0.0607. The lowest BCUT2D eigenvalue weighted by Crippen LogP contribution is -2.31. The second-order valence-corrected chi connectivity index (χ2v) is 6.78. The number of aryl methyl sites for hydroxylation is 1. The van der Waals surface area contributed by atoms with Crippen LogP contribution in [0.25, 0.3) is 0 Å². The second kappa shape index (κ2) is 7.03. The van der Waals surface area contributed by atoms with Gasteiger partial charge in [0.25, 0.3) is 0 Å². The number of thiazole rings is 1. The number of hydrogen-bond acceptors (Lipinski definition) is 5. The average molecular weight is 315 g/mol. The molecule has 5 heteroatoms. The van der Waals surface area contributed by atoms with E-state index >= 15 is 0 Å². The summed E-state index contributed by atoms with van der Waals surface area (Å²) in [5.41, 5.74) is 1.76. The van der Waals surface area contributed by atoms with Gasteiger partial charge in [-0.25, -0.2) is 4.98 Å². The van der Waals surface area contributed by atoms with E-state index in [0.29, 0.717) is 10.8 Å². The van der Waals surface area contributed by atoms with Gasteiger partial charge in [0.15, 0.2) is 5.13 Å². The molecule has 116 valence electrons. The Morgan fingerprint density at radius 2 is 2.14 bits per heavy atom. The molecule has 2 N–H and O–H groups in total. The zero-order valence-electron chi connectivity index (χ0n) is 12.8. The molecular weight excluding hydrogens is 294 g/mol. The summed E-state index contributed by atoms with van der Waals surface area (Å²) in [4.78, 5) is 17.6. The highest BCUT2D eigenvalue weighted by Gasteiger charge is 2.16. The van der Waals surface area contributed by atoms with E-state index in [2.05, 4.69) is 15.6 Å². The molecule has 1 aliphatic heterocycles. The highest BCUT2D eigenvalue weighted by molar-refractivity contribution is 7.17. The fourth-order valence-corrected chi connectivity index (χ4v) is 3.52. The molecule has 1 saturated heterocycles. The van der Waals surface area contributed by atoms with E-state index in [9.17, 15) is 4.79 Å². The lowest BCUT2D eigenvalue weighted by atomic mass is 9.98. The van der Waals surface area contributed by atoms with Gasteiger partial charge in [0.2, 0.25) is 5.78 Å². The Labute approximate surface area is 135 Å². The van der Waals surface area contributed by atoms with Gasteiger partial charge in [0.1, 0.15) is 0 Å². The molecule has 0 unspecified atom stereocenters. The Kier molecular flexibility index (Phi) is 4.85. The molecule has 4 nitrogen and oxygen atoms in total. The summed E-state index contributed by atoms with van der Waals surface area (Å²) in [7, 11) is 0. The predicted octanol–water partition coefficient (Wildman–Crippen LogP) is 3.09. The van der Waals surface area contributed by atoms with Crippen LogP contribution >= 0.6 is 11.3 Å². The molecule has 1 aliphatic rings. The van der Waals surface area contributed by atoms with Crippen LogP contribution in [0, 0.1) is 12.8 Å². The predicted molar refractivity (Wildman–Crippen MR) is 90.8 cm³/mol. The van der Waals surface area contributed by atoms with Crippen molar-refractivity contribution in [1.29, 1.82) is 0 Å². The summed E-state index contributed by atoms with van der Waals surface area (Å²) in [6.45, 7) is 5.10. The van der Waals surface area contributed by atoms with Crippen LogP contribution in [-0.4, -0.2) is 30.4 Å². The van der Waals surface area contributed by atoms with Crippen LogP contribution in [0.4, 0.5) is 5.13 Å². The monoisotopic (exact) mass is 315 g/mol. The van der Waals surface area contributed by atoms with Gasteiger partial charge in [0.05, 0.1) is 11.1 Å².